The fraction of sp³-hybridized carbons (Fsp3) is 0.278. The highest BCUT2D eigenvalue weighted by atomic mass is 35.5. The molecule has 1 N–H and O–H groups in total. The Labute approximate surface area is 292 Å². The minimum absolute atomic E-state index is 0.0276. The van der Waals surface area contributed by atoms with Gasteiger partial charge in [0.05, 0.1) is 34.8 Å². The third kappa shape index (κ3) is 9.00. The van der Waals surface area contributed by atoms with E-state index in [9.17, 15) is 18.0 Å². The third-order valence-electron chi connectivity index (χ3n) is 7.58. The predicted molar refractivity (Wildman–Crippen MR) is 189 cm³/mol. The lowest BCUT2D eigenvalue weighted by Crippen LogP contribution is -2.54. The molecule has 0 heterocycles. The highest BCUT2D eigenvalue weighted by Crippen LogP contribution is 2.36. The maximum atomic E-state index is 14.7. The molecule has 0 spiro atoms. The second kappa shape index (κ2) is 16.2. The molecule has 12 heteroatoms. The molecule has 9 nitrogen and oxygen atoms in total. The number of sulfonamides is 1. The van der Waals surface area contributed by atoms with Gasteiger partial charge < -0.3 is 19.7 Å². The van der Waals surface area contributed by atoms with Gasteiger partial charge in [0.25, 0.3) is 10.0 Å². The van der Waals surface area contributed by atoms with Gasteiger partial charge in [0, 0.05) is 25.1 Å². The van der Waals surface area contributed by atoms with E-state index in [-0.39, 0.29) is 40.4 Å². The first-order valence-corrected chi connectivity index (χ1v) is 17.4. The standard InChI is InChI=1S/C36H39Cl2N3O6S/c1-24(2)39-36(43)33(20-26-9-7-6-8-10-26)40(22-27-13-17-30(37)31(38)19-27)35(42)23-41(32-21-28(46-4)14-18-34(32)47-5)48(44,45)29-15-11-25(3)12-16-29/h6-19,21,24,33H,20,22-23H2,1-5H3,(H,39,43). The van der Waals surface area contributed by atoms with Crippen molar-refractivity contribution in [1.29, 1.82) is 0 Å². The van der Waals surface area contributed by atoms with Crippen LogP contribution < -0.4 is 19.1 Å². The number of rotatable bonds is 14. The molecule has 0 saturated heterocycles. The largest absolute Gasteiger partial charge is 0.497 e. The zero-order valence-corrected chi connectivity index (χ0v) is 29.8. The Morgan fingerprint density at radius 1 is 0.833 bits per heavy atom. The second-order valence-electron chi connectivity index (χ2n) is 11.5. The molecule has 48 heavy (non-hydrogen) atoms. The van der Waals surface area contributed by atoms with Crippen molar-refractivity contribution in [3.8, 4) is 11.5 Å². The Bertz CT molecular complexity index is 1840. The summed E-state index contributed by atoms with van der Waals surface area (Å²) in [6, 6.07) is 24.0. The van der Waals surface area contributed by atoms with Crippen LogP contribution in [0.3, 0.4) is 0 Å². The molecule has 4 aromatic carbocycles. The van der Waals surface area contributed by atoms with Crippen LogP contribution in [0.1, 0.15) is 30.5 Å². The van der Waals surface area contributed by atoms with Crippen LogP contribution in [0, 0.1) is 6.92 Å². The van der Waals surface area contributed by atoms with Crippen molar-refractivity contribution in [3.63, 3.8) is 0 Å². The van der Waals surface area contributed by atoms with Gasteiger partial charge in [0.2, 0.25) is 11.8 Å². The fourth-order valence-corrected chi connectivity index (χ4v) is 6.85. The Kier molecular flexibility index (Phi) is 12.4. The van der Waals surface area contributed by atoms with E-state index in [0.717, 1.165) is 15.4 Å². The number of methoxy groups -OCH3 is 2. The summed E-state index contributed by atoms with van der Waals surface area (Å²) in [6.45, 7) is 4.77. The summed E-state index contributed by atoms with van der Waals surface area (Å²) >= 11 is 12.5. The molecule has 0 aliphatic rings. The summed E-state index contributed by atoms with van der Waals surface area (Å²) < 4.78 is 40.8. The molecule has 1 unspecified atom stereocenters. The maximum Gasteiger partial charge on any atom is 0.264 e. The summed E-state index contributed by atoms with van der Waals surface area (Å²) in [5, 5.41) is 3.54. The molecule has 254 valence electrons. The molecule has 0 aromatic heterocycles. The number of halogens is 2. The lowest BCUT2D eigenvalue weighted by molar-refractivity contribution is -0.140. The van der Waals surface area contributed by atoms with E-state index in [1.54, 1.807) is 42.5 Å². The van der Waals surface area contributed by atoms with E-state index in [2.05, 4.69) is 5.32 Å². The fourth-order valence-electron chi connectivity index (χ4n) is 5.11. The van der Waals surface area contributed by atoms with E-state index in [0.29, 0.717) is 16.3 Å². The van der Waals surface area contributed by atoms with Crippen LogP contribution in [0.4, 0.5) is 5.69 Å². The third-order valence-corrected chi connectivity index (χ3v) is 10.1. The van der Waals surface area contributed by atoms with Gasteiger partial charge in [-0.05, 0) is 68.3 Å². The van der Waals surface area contributed by atoms with E-state index in [1.165, 1.54) is 37.3 Å². The van der Waals surface area contributed by atoms with Gasteiger partial charge >= 0.3 is 0 Å². The topological polar surface area (TPSA) is 105 Å². The SMILES string of the molecule is COc1ccc(OC)c(N(CC(=O)N(Cc2ccc(Cl)c(Cl)c2)C(Cc2ccccc2)C(=O)NC(C)C)S(=O)(=O)c2ccc(C)cc2)c1. The van der Waals surface area contributed by atoms with E-state index >= 15 is 0 Å². The molecular formula is C36H39Cl2N3O6S. The molecule has 0 aliphatic heterocycles. The van der Waals surface area contributed by atoms with Crippen molar-refractivity contribution >= 4 is 50.7 Å². The molecule has 1 atom stereocenters. The van der Waals surface area contributed by atoms with Gasteiger partial charge in [-0.2, -0.15) is 0 Å². The highest BCUT2D eigenvalue weighted by Gasteiger charge is 2.36. The number of carbonyl (C=O) groups excluding carboxylic acids is 2. The molecule has 4 rings (SSSR count). The van der Waals surface area contributed by atoms with Gasteiger partial charge in [0.1, 0.15) is 24.1 Å². The van der Waals surface area contributed by atoms with Crippen LogP contribution in [-0.4, -0.2) is 58.0 Å². The Hall–Kier alpha value is -4.25. The number of benzene rings is 4. The van der Waals surface area contributed by atoms with Crippen LogP contribution in [0.5, 0.6) is 11.5 Å². The number of hydrogen-bond donors (Lipinski definition) is 1. The van der Waals surface area contributed by atoms with Crippen LogP contribution in [-0.2, 0) is 32.6 Å². The van der Waals surface area contributed by atoms with Crippen LogP contribution in [0.15, 0.2) is 95.9 Å². The van der Waals surface area contributed by atoms with E-state index < -0.39 is 34.4 Å². The molecular weight excluding hydrogens is 673 g/mol. The first-order chi connectivity index (χ1) is 22.8. The average molecular weight is 713 g/mol. The number of carbonyl (C=O) groups is 2. The number of nitrogens with one attached hydrogen (secondary N) is 1. The van der Waals surface area contributed by atoms with Crippen molar-refractivity contribution in [1.82, 2.24) is 10.2 Å². The first-order valence-electron chi connectivity index (χ1n) is 15.2. The number of nitrogens with zero attached hydrogens (tertiary/aromatic N) is 2. The lowest BCUT2D eigenvalue weighted by Gasteiger charge is -2.34. The van der Waals surface area contributed by atoms with Crippen LogP contribution in [0.25, 0.3) is 0 Å². The normalized spacial score (nSPS) is 11.9. The predicted octanol–water partition coefficient (Wildman–Crippen LogP) is 6.68. The van der Waals surface area contributed by atoms with Gasteiger partial charge in [-0.15, -0.1) is 0 Å². The monoisotopic (exact) mass is 711 g/mol. The number of ether oxygens (including phenoxy) is 2. The first kappa shape index (κ1) is 36.6. The van der Waals surface area contributed by atoms with Gasteiger partial charge in [0.15, 0.2) is 0 Å². The minimum Gasteiger partial charge on any atom is -0.497 e. The lowest BCUT2D eigenvalue weighted by atomic mass is 10.0. The zero-order valence-electron chi connectivity index (χ0n) is 27.4. The van der Waals surface area contributed by atoms with E-state index in [1.807, 2.05) is 51.1 Å². The van der Waals surface area contributed by atoms with Gasteiger partial charge in [-0.3, -0.25) is 13.9 Å². The van der Waals surface area contributed by atoms with Crippen molar-refractivity contribution in [2.24, 2.45) is 0 Å². The molecule has 0 bridgehead atoms. The van der Waals surface area contributed by atoms with E-state index in [4.69, 9.17) is 32.7 Å². The summed E-state index contributed by atoms with van der Waals surface area (Å²) in [5.41, 5.74) is 2.36. The quantitative estimate of drug-likeness (QED) is 0.157. The van der Waals surface area contributed by atoms with Gasteiger partial charge in [-0.1, -0.05) is 77.3 Å². The number of amides is 2. The van der Waals surface area contributed by atoms with Crippen molar-refractivity contribution in [2.75, 3.05) is 25.1 Å². The Morgan fingerprint density at radius 3 is 2.12 bits per heavy atom. The molecule has 0 fully saturated rings. The average Bonchev–Trinajstić information content (AvgIpc) is 3.06. The molecule has 4 aromatic rings. The number of aryl methyl sites for hydroxylation is 1. The summed E-state index contributed by atoms with van der Waals surface area (Å²) in [5.74, 6) is -0.474. The molecule has 0 aliphatic carbocycles. The number of anilines is 1. The minimum atomic E-state index is -4.35. The van der Waals surface area contributed by atoms with Crippen molar-refractivity contribution in [3.05, 3.63) is 118 Å². The molecule has 0 radical (unpaired) electrons. The zero-order chi connectivity index (χ0) is 35.0. The van der Waals surface area contributed by atoms with Gasteiger partial charge in [-0.25, -0.2) is 8.42 Å². The van der Waals surface area contributed by atoms with Crippen LogP contribution >= 0.6 is 23.2 Å². The van der Waals surface area contributed by atoms with Crippen LogP contribution in [0.2, 0.25) is 10.0 Å². The van der Waals surface area contributed by atoms with Crippen molar-refractivity contribution in [2.45, 2.75) is 50.7 Å². The highest BCUT2D eigenvalue weighted by molar-refractivity contribution is 7.92. The Balaban J connectivity index is 1.88. The summed E-state index contributed by atoms with van der Waals surface area (Å²) in [4.78, 5) is 29.9. The molecule has 2 amide bonds. The smallest absolute Gasteiger partial charge is 0.264 e. The summed E-state index contributed by atoms with van der Waals surface area (Å²) in [7, 11) is -1.49. The maximum absolute atomic E-state index is 14.7. The second-order valence-corrected chi connectivity index (χ2v) is 14.2. The molecule has 0 saturated carbocycles. The summed E-state index contributed by atoms with van der Waals surface area (Å²) in [6.07, 6.45) is 0.166. The van der Waals surface area contributed by atoms with Crippen molar-refractivity contribution < 1.29 is 27.5 Å². The number of hydrogen-bond acceptors (Lipinski definition) is 6. The Morgan fingerprint density at radius 2 is 1.52 bits per heavy atom.